The molecular weight excluding hydrogens is 276 g/mol. The molecule has 0 aliphatic heterocycles. The summed E-state index contributed by atoms with van der Waals surface area (Å²) in [6, 6.07) is 20.0. The maximum Gasteiger partial charge on any atom is 0.00169 e. The molecule has 0 amide bonds. The highest BCUT2D eigenvalue weighted by atomic mass is 14.2. The first-order valence-electron chi connectivity index (χ1n) is 8.22. The van der Waals surface area contributed by atoms with Crippen LogP contribution in [0.2, 0.25) is 0 Å². The predicted molar refractivity (Wildman–Crippen MR) is 101 cm³/mol. The van der Waals surface area contributed by atoms with Gasteiger partial charge in [0.2, 0.25) is 0 Å². The zero-order valence-corrected chi connectivity index (χ0v) is 13.4. The molecule has 0 saturated heterocycles. The van der Waals surface area contributed by atoms with Gasteiger partial charge in [0.1, 0.15) is 0 Å². The number of allylic oxidation sites excluding steroid dienone is 1. The Hall–Kier alpha value is -2.60. The first kappa shape index (κ1) is 12.9. The molecule has 0 aromatic heterocycles. The van der Waals surface area contributed by atoms with Crippen molar-refractivity contribution in [2.75, 3.05) is 0 Å². The van der Waals surface area contributed by atoms with Crippen LogP contribution in [0.25, 0.3) is 44.5 Å². The molecule has 0 unspecified atom stereocenters. The molecule has 0 saturated carbocycles. The van der Waals surface area contributed by atoms with Crippen molar-refractivity contribution in [3.8, 4) is 0 Å². The number of benzene rings is 4. The van der Waals surface area contributed by atoms with Gasteiger partial charge in [-0.15, -0.1) is 0 Å². The molecule has 0 fully saturated rings. The first-order chi connectivity index (χ1) is 11.1. The van der Waals surface area contributed by atoms with Crippen molar-refractivity contribution in [1.82, 2.24) is 0 Å². The highest BCUT2D eigenvalue weighted by Crippen LogP contribution is 2.38. The number of fused-ring (bicyclic) bond motifs is 2. The largest absolute Gasteiger partial charge is 0.0744 e. The van der Waals surface area contributed by atoms with E-state index in [4.69, 9.17) is 0 Å². The van der Waals surface area contributed by atoms with Crippen molar-refractivity contribution in [3.63, 3.8) is 0 Å². The SMILES string of the molecule is CC1(C)C=Cc2c3cccc4cccc(c5cccc(c25)=C1)c43. The highest BCUT2D eigenvalue weighted by molar-refractivity contribution is 6.25. The fourth-order valence-electron chi connectivity index (χ4n) is 4.06. The summed E-state index contributed by atoms with van der Waals surface area (Å²) < 4.78 is 0. The minimum absolute atomic E-state index is 0.0690. The van der Waals surface area contributed by atoms with E-state index < -0.39 is 0 Å². The normalized spacial score (nSPS) is 15.9. The van der Waals surface area contributed by atoms with Gasteiger partial charge in [0.05, 0.1) is 0 Å². The molecule has 0 heteroatoms. The van der Waals surface area contributed by atoms with Crippen LogP contribution in [0.5, 0.6) is 0 Å². The van der Waals surface area contributed by atoms with Crippen molar-refractivity contribution in [2.24, 2.45) is 5.41 Å². The molecule has 1 aliphatic rings. The molecule has 0 radical (unpaired) electrons. The van der Waals surface area contributed by atoms with Crippen LogP contribution in [0.1, 0.15) is 19.4 Å². The molecule has 0 N–H and O–H groups in total. The van der Waals surface area contributed by atoms with E-state index in [2.05, 4.69) is 86.7 Å². The number of rotatable bonds is 0. The van der Waals surface area contributed by atoms with Gasteiger partial charge in [-0.3, -0.25) is 0 Å². The lowest BCUT2D eigenvalue weighted by molar-refractivity contribution is 0.674. The van der Waals surface area contributed by atoms with E-state index in [0.717, 1.165) is 0 Å². The monoisotopic (exact) mass is 294 g/mol. The summed E-state index contributed by atoms with van der Waals surface area (Å²) in [5.74, 6) is 0. The third-order valence-electron chi connectivity index (χ3n) is 5.06. The first-order valence-corrected chi connectivity index (χ1v) is 8.22. The van der Waals surface area contributed by atoms with Crippen LogP contribution < -0.4 is 5.22 Å². The zero-order valence-electron chi connectivity index (χ0n) is 13.4. The Morgan fingerprint density at radius 3 is 2.13 bits per heavy atom. The molecule has 1 aliphatic carbocycles. The summed E-state index contributed by atoms with van der Waals surface area (Å²) in [4.78, 5) is 0. The van der Waals surface area contributed by atoms with Crippen LogP contribution in [-0.4, -0.2) is 0 Å². The standard InChI is InChI=1S/C23H18/c1-23(2)13-12-20-19-10-4-7-15-6-3-9-17(21(15)19)18-11-5-8-16(14-23)22(18)20/h3-14H,1-2H3. The van der Waals surface area contributed by atoms with Crippen LogP contribution in [0.3, 0.4) is 0 Å². The number of hydrogen-bond donors (Lipinski definition) is 0. The Bertz CT molecular complexity index is 1170. The topological polar surface area (TPSA) is 0 Å². The lowest BCUT2D eigenvalue weighted by Gasteiger charge is -2.13. The molecule has 110 valence electrons. The van der Waals surface area contributed by atoms with Crippen LogP contribution >= 0.6 is 0 Å². The average molecular weight is 294 g/mol. The Balaban J connectivity index is 2.20. The minimum atomic E-state index is 0.0690. The van der Waals surface area contributed by atoms with E-state index in [1.54, 1.807) is 0 Å². The maximum atomic E-state index is 2.39. The average Bonchev–Trinajstić information content (AvgIpc) is 2.68. The van der Waals surface area contributed by atoms with E-state index in [9.17, 15) is 0 Å². The van der Waals surface area contributed by atoms with Crippen LogP contribution in [0.15, 0.2) is 60.7 Å². The van der Waals surface area contributed by atoms with E-state index in [0.29, 0.717) is 0 Å². The lowest BCUT2D eigenvalue weighted by Crippen LogP contribution is -2.10. The second-order valence-electron chi connectivity index (χ2n) is 7.19. The fourth-order valence-corrected chi connectivity index (χ4v) is 4.06. The van der Waals surface area contributed by atoms with Crippen molar-refractivity contribution >= 4 is 44.5 Å². The smallest absolute Gasteiger partial charge is 0.00169 e. The Kier molecular flexibility index (Phi) is 2.37. The van der Waals surface area contributed by atoms with Crippen molar-refractivity contribution in [3.05, 3.63) is 71.5 Å². The molecule has 0 spiro atoms. The van der Waals surface area contributed by atoms with Gasteiger partial charge in [-0.25, -0.2) is 0 Å². The molecule has 0 atom stereocenters. The minimum Gasteiger partial charge on any atom is -0.0744 e. The van der Waals surface area contributed by atoms with Crippen molar-refractivity contribution < 1.29 is 0 Å². The van der Waals surface area contributed by atoms with Gasteiger partial charge in [0.15, 0.2) is 0 Å². The molecule has 5 rings (SSSR count). The molecule has 0 bridgehead atoms. The second-order valence-corrected chi connectivity index (χ2v) is 7.19. The van der Waals surface area contributed by atoms with Gasteiger partial charge in [0.25, 0.3) is 0 Å². The highest BCUT2D eigenvalue weighted by Gasteiger charge is 2.17. The van der Waals surface area contributed by atoms with Gasteiger partial charge in [-0.2, -0.15) is 0 Å². The molecule has 0 heterocycles. The molecular formula is C23H18. The summed E-state index contributed by atoms with van der Waals surface area (Å²) in [6.07, 6.45) is 7.05. The Morgan fingerprint density at radius 1 is 0.696 bits per heavy atom. The zero-order chi connectivity index (χ0) is 15.6. The third kappa shape index (κ3) is 1.72. The number of hydrogen-bond acceptors (Lipinski definition) is 0. The Morgan fingerprint density at radius 2 is 1.35 bits per heavy atom. The molecule has 4 aromatic carbocycles. The van der Waals surface area contributed by atoms with Crippen LogP contribution in [-0.2, 0) is 0 Å². The van der Waals surface area contributed by atoms with E-state index in [1.165, 1.54) is 43.1 Å². The molecule has 0 nitrogen and oxygen atoms in total. The lowest BCUT2D eigenvalue weighted by atomic mass is 9.90. The Labute approximate surface area is 135 Å². The van der Waals surface area contributed by atoms with Gasteiger partial charge < -0.3 is 0 Å². The van der Waals surface area contributed by atoms with E-state index in [-0.39, 0.29) is 5.41 Å². The summed E-state index contributed by atoms with van der Waals surface area (Å²) in [5.41, 5.74) is 1.43. The molecule has 23 heavy (non-hydrogen) atoms. The summed E-state index contributed by atoms with van der Waals surface area (Å²) in [6.45, 7) is 4.54. The van der Waals surface area contributed by atoms with Crippen molar-refractivity contribution in [1.29, 1.82) is 0 Å². The van der Waals surface area contributed by atoms with Gasteiger partial charge in [-0.1, -0.05) is 86.7 Å². The predicted octanol–water partition coefficient (Wildman–Crippen LogP) is 5.70. The summed E-state index contributed by atoms with van der Waals surface area (Å²) in [5, 5.41) is 9.53. The van der Waals surface area contributed by atoms with Gasteiger partial charge in [-0.05, 0) is 43.1 Å². The molecule has 4 aromatic rings. The van der Waals surface area contributed by atoms with E-state index >= 15 is 0 Å². The summed E-state index contributed by atoms with van der Waals surface area (Å²) >= 11 is 0. The maximum absolute atomic E-state index is 2.39. The second kappa shape index (κ2) is 4.23. The van der Waals surface area contributed by atoms with Gasteiger partial charge in [0, 0.05) is 5.41 Å². The van der Waals surface area contributed by atoms with Crippen LogP contribution in [0.4, 0.5) is 0 Å². The third-order valence-corrected chi connectivity index (χ3v) is 5.06. The van der Waals surface area contributed by atoms with Gasteiger partial charge >= 0.3 is 0 Å². The fraction of sp³-hybridized carbons (Fsp3) is 0.130. The summed E-state index contributed by atoms with van der Waals surface area (Å²) in [7, 11) is 0. The van der Waals surface area contributed by atoms with Crippen LogP contribution in [0, 0.1) is 5.41 Å². The van der Waals surface area contributed by atoms with E-state index in [1.807, 2.05) is 0 Å². The van der Waals surface area contributed by atoms with Crippen molar-refractivity contribution in [2.45, 2.75) is 13.8 Å². The quantitative estimate of drug-likeness (QED) is 0.288.